The lowest BCUT2D eigenvalue weighted by molar-refractivity contribution is 1.04. The Kier molecular flexibility index (Phi) is 4.85. The maximum absolute atomic E-state index is 6.09. The topological polar surface area (TPSA) is 0 Å². The molecule has 0 nitrogen and oxygen atoms in total. The Bertz CT molecular complexity index is 672. The number of halogens is 2. The van der Waals surface area contributed by atoms with Crippen molar-refractivity contribution in [1.29, 1.82) is 0 Å². The van der Waals surface area contributed by atoms with E-state index in [2.05, 4.69) is 63.5 Å². The van der Waals surface area contributed by atoms with Gasteiger partial charge in [-0.1, -0.05) is 33.6 Å². The average molecular weight is 366 g/mol. The first-order valence-corrected chi connectivity index (χ1v) is 8.52. The van der Waals surface area contributed by atoms with Crippen molar-refractivity contribution >= 4 is 27.5 Å². The van der Waals surface area contributed by atoms with Gasteiger partial charge in [0.1, 0.15) is 0 Å². The van der Waals surface area contributed by atoms with Gasteiger partial charge in [0.15, 0.2) is 0 Å². The van der Waals surface area contributed by atoms with Crippen molar-refractivity contribution in [3.8, 4) is 0 Å². The molecule has 0 N–H and O–H groups in total. The van der Waals surface area contributed by atoms with Gasteiger partial charge in [-0.15, -0.1) is 0 Å². The first kappa shape index (κ1) is 16.6. The third kappa shape index (κ3) is 2.91. The largest absolute Gasteiger partial charge is 0.0843 e. The monoisotopic (exact) mass is 364 g/mol. The van der Waals surface area contributed by atoms with Crippen LogP contribution in [0.3, 0.4) is 0 Å². The summed E-state index contributed by atoms with van der Waals surface area (Å²) < 4.78 is 0. The second-order valence-corrected chi connectivity index (χ2v) is 7.25. The Morgan fingerprint density at radius 1 is 0.810 bits per heavy atom. The van der Waals surface area contributed by atoms with Gasteiger partial charge in [0.05, 0.1) is 4.83 Å². The summed E-state index contributed by atoms with van der Waals surface area (Å²) in [6.07, 6.45) is 0. The van der Waals surface area contributed by atoms with Crippen LogP contribution in [0.2, 0.25) is 5.02 Å². The third-order valence-electron chi connectivity index (χ3n) is 4.82. The number of hydrogen-bond donors (Lipinski definition) is 0. The van der Waals surface area contributed by atoms with Gasteiger partial charge in [0.25, 0.3) is 0 Å². The zero-order chi connectivity index (χ0) is 15.9. The second-order valence-electron chi connectivity index (χ2n) is 5.90. The minimum absolute atomic E-state index is 0.202. The molecule has 2 aromatic carbocycles. The van der Waals surface area contributed by atoms with Gasteiger partial charge in [-0.05, 0) is 98.2 Å². The predicted molar refractivity (Wildman–Crippen MR) is 97.1 cm³/mol. The van der Waals surface area contributed by atoms with Crippen molar-refractivity contribution in [2.45, 2.75) is 46.4 Å². The van der Waals surface area contributed by atoms with E-state index >= 15 is 0 Å². The Morgan fingerprint density at radius 2 is 1.29 bits per heavy atom. The molecule has 1 unspecified atom stereocenters. The summed E-state index contributed by atoms with van der Waals surface area (Å²) in [5, 5.41) is 0.792. The molecule has 0 fully saturated rings. The minimum Gasteiger partial charge on any atom is -0.0843 e. The lowest BCUT2D eigenvalue weighted by Gasteiger charge is -2.23. The molecule has 0 saturated carbocycles. The Morgan fingerprint density at radius 3 is 1.76 bits per heavy atom. The maximum Gasteiger partial charge on any atom is 0.0652 e. The van der Waals surface area contributed by atoms with Crippen molar-refractivity contribution in [2.75, 3.05) is 0 Å². The molecule has 112 valence electrons. The lowest BCUT2D eigenvalue weighted by Crippen LogP contribution is -2.06. The molecule has 2 aromatic rings. The summed E-state index contributed by atoms with van der Waals surface area (Å²) in [4.78, 5) is 0.202. The zero-order valence-electron chi connectivity index (χ0n) is 13.6. The molecule has 0 radical (unpaired) electrons. The van der Waals surface area contributed by atoms with Gasteiger partial charge in [-0.2, -0.15) is 0 Å². The fourth-order valence-electron chi connectivity index (χ4n) is 2.99. The summed E-state index contributed by atoms with van der Waals surface area (Å²) >= 11 is 10.0. The summed E-state index contributed by atoms with van der Waals surface area (Å²) in [6.45, 7) is 13.2. The van der Waals surface area contributed by atoms with Crippen molar-refractivity contribution in [3.63, 3.8) is 0 Å². The summed E-state index contributed by atoms with van der Waals surface area (Å²) in [6, 6.07) is 6.13. The first-order chi connectivity index (χ1) is 9.75. The van der Waals surface area contributed by atoms with Crippen LogP contribution in [0.4, 0.5) is 0 Å². The predicted octanol–water partition coefficient (Wildman–Crippen LogP) is 6.67. The van der Waals surface area contributed by atoms with Crippen LogP contribution in [-0.4, -0.2) is 0 Å². The van der Waals surface area contributed by atoms with Gasteiger partial charge < -0.3 is 0 Å². The van der Waals surface area contributed by atoms with Gasteiger partial charge in [-0.25, -0.2) is 0 Å². The molecule has 0 amide bonds. The normalized spacial score (nSPS) is 12.6. The van der Waals surface area contributed by atoms with Crippen LogP contribution in [0.25, 0.3) is 0 Å². The Labute approximate surface area is 141 Å². The lowest BCUT2D eigenvalue weighted by atomic mass is 9.86. The van der Waals surface area contributed by atoms with Gasteiger partial charge >= 0.3 is 0 Å². The molecular formula is C19H22BrCl. The van der Waals surface area contributed by atoms with Gasteiger partial charge in [-0.3, -0.25) is 0 Å². The Hall–Kier alpha value is -0.790. The van der Waals surface area contributed by atoms with Crippen LogP contribution in [0.5, 0.6) is 0 Å². The van der Waals surface area contributed by atoms with Crippen LogP contribution < -0.4 is 0 Å². The van der Waals surface area contributed by atoms with E-state index < -0.39 is 0 Å². The molecule has 0 saturated heterocycles. The van der Waals surface area contributed by atoms with Gasteiger partial charge in [0, 0.05) is 5.02 Å². The highest BCUT2D eigenvalue weighted by Crippen LogP contribution is 2.40. The van der Waals surface area contributed by atoms with E-state index in [-0.39, 0.29) is 4.83 Å². The maximum atomic E-state index is 6.09. The molecule has 0 aromatic heterocycles. The number of benzene rings is 2. The molecule has 0 heterocycles. The van der Waals surface area contributed by atoms with E-state index in [1.54, 1.807) is 0 Å². The highest BCUT2D eigenvalue weighted by atomic mass is 79.9. The minimum atomic E-state index is 0.202. The van der Waals surface area contributed by atoms with E-state index in [0.29, 0.717) is 0 Å². The molecule has 0 aliphatic heterocycles. The van der Waals surface area contributed by atoms with Crippen molar-refractivity contribution in [2.24, 2.45) is 0 Å². The molecule has 2 heteroatoms. The average Bonchev–Trinajstić information content (AvgIpc) is 2.43. The fourth-order valence-corrected chi connectivity index (χ4v) is 4.42. The molecule has 1 atom stereocenters. The van der Waals surface area contributed by atoms with Crippen molar-refractivity contribution in [1.82, 2.24) is 0 Å². The Balaban J connectivity index is 2.66. The quantitative estimate of drug-likeness (QED) is 0.521. The highest BCUT2D eigenvalue weighted by Gasteiger charge is 2.21. The van der Waals surface area contributed by atoms with Crippen LogP contribution in [0, 0.1) is 41.5 Å². The molecule has 2 rings (SSSR count). The highest BCUT2D eigenvalue weighted by molar-refractivity contribution is 9.09. The first-order valence-electron chi connectivity index (χ1n) is 7.22. The smallest absolute Gasteiger partial charge is 0.0652 e. The molecular weight excluding hydrogens is 344 g/mol. The van der Waals surface area contributed by atoms with E-state index in [9.17, 15) is 0 Å². The number of aryl methyl sites for hydroxylation is 1. The zero-order valence-corrected chi connectivity index (χ0v) is 15.9. The molecule has 0 aliphatic rings. The van der Waals surface area contributed by atoms with E-state index in [4.69, 9.17) is 11.6 Å². The van der Waals surface area contributed by atoms with E-state index in [1.165, 1.54) is 44.5 Å². The number of alkyl halides is 1. The van der Waals surface area contributed by atoms with Crippen LogP contribution >= 0.6 is 27.5 Å². The van der Waals surface area contributed by atoms with Crippen molar-refractivity contribution < 1.29 is 0 Å². The third-order valence-corrected chi connectivity index (χ3v) is 6.00. The number of hydrogen-bond acceptors (Lipinski definition) is 0. The summed E-state index contributed by atoms with van der Waals surface area (Å²) in [7, 11) is 0. The van der Waals surface area contributed by atoms with E-state index in [0.717, 1.165) is 5.02 Å². The van der Waals surface area contributed by atoms with Crippen molar-refractivity contribution in [3.05, 3.63) is 67.7 Å². The standard InChI is InChI=1S/C19H22BrCl/c1-10-9-16(21)7-8-17(10)19(20)18-14(5)12(3)11(2)13(4)15(18)6/h7-9,19H,1-6H3. The summed E-state index contributed by atoms with van der Waals surface area (Å²) in [5.74, 6) is 0. The van der Waals surface area contributed by atoms with Gasteiger partial charge in [0.2, 0.25) is 0 Å². The second kappa shape index (κ2) is 6.14. The number of rotatable bonds is 2. The van der Waals surface area contributed by atoms with Crippen LogP contribution in [0.1, 0.15) is 49.3 Å². The molecule has 0 aliphatic carbocycles. The molecule has 0 spiro atoms. The van der Waals surface area contributed by atoms with Crippen LogP contribution in [0.15, 0.2) is 18.2 Å². The molecule has 0 bridgehead atoms. The van der Waals surface area contributed by atoms with Crippen LogP contribution in [-0.2, 0) is 0 Å². The molecule has 21 heavy (non-hydrogen) atoms. The van der Waals surface area contributed by atoms with E-state index in [1.807, 2.05) is 12.1 Å². The SMILES string of the molecule is Cc1cc(Cl)ccc1C(Br)c1c(C)c(C)c(C)c(C)c1C. The fraction of sp³-hybridized carbons (Fsp3) is 0.368. The summed E-state index contributed by atoms with van der Waals surface area (Å²) in [5.41, 5.74) is 10.8.